The van der Waals surface area contributed by atoms with Crippen molar-refractivity contribution < 1.29 is 27.1 Å². The van der Waals surface area contributed by atoms with E-state index in [2.05, 4.69) is 0 Å². The van der Waals surface area contributed by atoms with E-state index in [1.165, 1.54) is 10.8 Å². The average molecular weight is 301 g/mol. The zero-order chi connectivity index (χ0) is 14.6. The first-order valence-corrected chi connectivity index (χ1v) is 7.44. The van der Waals surface area contributed by atoms with Crippen molar-refractivity contribution >= 4 is 16.3 Å². The van der Waals surface area contributed by atoms with Gasteiger partial charge < -0.3 is 9.29 Å². The van der Waals surface area contributed by atoms with Gasteiger partial charge in [0.2, 0.25) is 0 Å². The lowest BCUT2D eigenvalue weighted by molar-refractivity contribution is -0.579. The third-order valence-corrected chi connectivity index (χ3v) is 3.32. The number of nitrogens with zero attached hydrogens (tertiary/aromatic N) is 2. The van der Waals surface area contributed by atoms with Gasteiger partial charge >= 0.3 is 6.03 Å². The Labute approximate surface area is 116 Å². The third kappa shape index (κ3) is 4.23. The highest BCUT2D eigenvalue weighted by Gasteiger charge is 2.26. The van der Waals surface area contributed by atoms with Crippen LogP contribution in [0, 0.1) is 0 Å². The second-order valence-corrected chi connectivity index (χ2v) is 5.47. The van der Waals surface area contributed by atoms with Gasteiger partial charge in [0.05, 0.1) is 19.4 Å². The molecule has 0 saturated carbocycles. The van der Waals surface area contributed by atoms with E-state index in [1.54, 1.807) is 23.2 Å². The van der Waals surface area contributed by atoms with Gasteiger partial charge in [-0.3, -0.25) is 0 Å². The maximum absolute atomic E-state index is 12.2. The molecule has 20 heavy (non-hydrogen) atoms. The number of nitrogens with one attached hydrogen (secondary N) is 1. The van der Waals surface area contributed by atoms with Crippen LogP contribution in [0.2, 0.25) is 0 Å². The topological polar surface area (TPSA) is 103 Å². The molecule has 1 fully saturated rings. The van der Waals surface area contributed by atoms with Gasteiger partial charge in [-0.1, -0.05) is 6.07 Å². The summed E-state index contributed by atoms with van der Waals surface area (Å²) in [6.07, 6.45) is 3.07. The van der Waals surface area contributed by atoms with E-state index in [1.807, 2.05) is 4.72 Å². The molecular weight excluding hydrogens is 286 g/mol. The molecule has 1 aliphatic rings. The van der Waals surface area contributed by atoms with Gasteiger partial charge in [0.15, 0.2) is 10.3 Å². The van der Waals surface area contributed by atoms with Crippen molar-refractivity contribution in [1.29, 1.82) is 0 Å². The number of pyridine rings is 1. The maximum atomic E-state index is 12.2. The van der Waals surface area contributed by atoms with Crippen LogP contribution >= 0.6 is 0 Å². The lowest BCUT2D eigenvalue weighted by atomic mass is 10.3. The zero-order valence-corrected chi connectivity index (χ0v) is 11.5. The fourth-order valence-electron chi connectivity index (χ4n) is 1.84. The summed E-state index contributed by atoms with van der Waals surface area (Å²) in [5, 5.41) is 0. The quantitative estimate of drug-likeness (QED) is 0.559. The number of carbonyl (C=O) groups excluding carboxylic acids is 1. The van der Waals surface area contributed by atoms with Gasteiger partial charge in [0, 0.05) is 12.1 Å². The molecule has 9 heteroatoms. The zero-order valence-electron chi connectivity index (χ0n) is 10.7. The van der Waals surface area contributed by atoms with E-state index in [-0.39, 0.29) is 12.6 Å². The number of aromatic nitrogens is 1. The Morgan fingerprint density at radius 2 is 2.15 bits per heavy atom. The second kappa shape index (κ2) is 6.27. The molecule has 0 radical (unpaired) electrons. The highest BCUT2D eigenvalue weighted by atomic mass is 32.2. The summed E-state index contributed by atoms with van der Waals surface area (Å²) >= 11 is 0. The van der Waals surface area contributed by atoms with Crippen LogP contribution in [-0.4, -0.2) is 50.2 Å². The molecule has 110 valence electrons. The largest absolute Gasteiger partial charge is 0.735 e. The molecule has 1 aliphatic heterocycles. The van der Waals surface area contributed by atoms with Crippen molar-refractivity contribution in [1.82, 2.24) is 9.62 Å². The number of carbonyl (C=O) groups is 1. The van der Waals surface area contributed by atoms with Gasteiger partial charge in [0.25, 0.3) is 0 Å². The summed E-state index contributed by atoms with van der Waals surface area (Å²) in [6, 6.07) is 3.04. The molecule has 2 rings (SSSR count). The SMILES string of the molecule is O=C(N1CCOCC1)[n+]1cccc(CNS(=O)(=O)[O-])c1. The summed E-state index contributed by atoms with van der Waals surface area (Å²) in [5.41, 5.74) is 0.522. The second-order valence-electron chi connectivity index (χ2n) is 4.28. The van der Waals surface area contributed by atoms with Crippen LogP contribution in [0.5, 0.6) is 0 Å². The first-order valence-electron chi connectivity index (χ1n) is 6.03. The molecular formula is C11H15N3O5S. The normalized spacial score (nSPS) is 16.1. The first-order chi connectivity index (χ1) is 9.46. The van der Waals surface area contributed by atoms with Crippen LogP contribution < -0.4 is 9.29 Å². The van der Waals surface area contributed by atoms with Gasteiger partial charge in [-0.05, 0) is 6.07 Å². The smallest absolute Gasteiger partial charge is 0.498 e. The third-order valence-electron chi connectivity index (χ3n) is 2.82. The predicted octanol–water partition coefficient (Wildman–Crippen LogP) is -1.18. The van der Waals surface area contributed by atoms with E-state index in [4.69, 9.17) is 4.74 Å². The minimum Gasteiger partial charge on any atom is -0.735 e. The molecule has 0 unspecified atom stereocenters. The van der Waals surface area contributed by atoms with Crippen LogP contribution in [-0.2, 0) is 21.6 Å². The Morgan fingerprint density at radius 1 is 1.45 bits per heavy atom. The molecule has 1 aromatic heterocycles. The molecule has 0 bridgehead atoms. The fourth-order valence-corrected chi connectivity index (χ4v) is 2.18. The monoisotopic (exact) mass is 301 g/mol. The number of hydrogen-bond acceptors (Lipinski definition) is 5. The summed E-state index contributed by atoms with van der Waals surface area (Å²) in [7, 11) is -4.50. The minimum atomic E-state index is -4.50. The van der Waals surface area contributed by atoms with Crippen molar-refractivity contribution in [3.8, 4) is 0 Å². The predicted molar refractivity (Wildman–Crippen MR) is 66.4 cm³/mol. The molecule has 0 spiro atoms. The number of rotatable bonds is 3. The number of hydrogen-bond donors (Lipinski definition) is 1. The molecule has 1 saturated heterocycles. The maximum Gasteiger partial charge on any atom is 0.498 e. The minimum absolute atomic E-state index is 0.150. The van der Waals surface area contributed by atoms with Crippen LogP contribution in [0.3, 0.4) is 0 Å². The highest BCUT2D eigenvalue weighted by molar-refractivity contribution is 7.83. The Morgan fingerprint density at radius 3 is 2.80 bits per heavy atom. The van der Waals surface area contributed by atoms with E-state index in [9.17, 15) is 17.8 Å². The van der Waals surface area contributed by atoms with E-state index >= 15 is 0 Å². The molecule has 0 atom stereocenters. The lowest BCUT2D eigenvalue weighted by Gasteiger charge is -2.20. The first kappa shape index (κ1) is 14.9. The standard InChI is InChI=1S/C11H15N3O5S/c15-11(13-4-6-19-7-5-13)14-3-1-2-10(9-14)8-12-20(16,17)18/h1-3,9,12H,4-8H2. The lowest BCUT2D eigenvalue weighted by Crippen LogP contribution is -2.55. The number of ether oxygens (including phenoxy) is 1. The number of amides is 1. The van der Waals surface area contributed by atoms with Crippen molar-refractivity contribution in [2.75, 3.05) is 26.3 Å². The summed E-state index contributed by atoms with van der Waals surface area (Å²) in [6.45, 7) is 1.89. The van der Waals surface area contributed by atoms with E-state index < -0.39 is 10.3 Å². The molecule has 1 N–H and O–H groups in total. The van der Waals surface area contributed by atoms with Gasteiger partial charge in [-0.15, -0.1) is 0 Å². The van der Waals surface area contributed by atoms with Gasteiger partial charge in [-0.25, -0.2) is 18.0 Å². The molecule has 1 amide bonds. The number of morpholine rings is 1. The van der Waals surface area contributed by atoms with Gasteiger partial charge in [-0.2, -0.15) is 9.36 Å². The van der Waals surface area contributed by atoms with Crippen molar-refractivity contribution in [3.63, 3.8) is 0 Å². The molecule has 1 aromatic rings. The molecule has 0 aromatic carbocycles. The molecule has 0 aliphatic carbocycles. The van der Waals surface area contributed by atoms with Crippen molar-refractivity contribution in [2.45, 2.75) is 6.54 Å². The van der Waals surface area contributed by atoms with E-state index in [0.29, 0.717) is 31.9 Å². The highest BCUT2D eigenvalue weighted by Crippen LogP contribution is 1.99. The Kier molecular flexibility index (Phi) is 4.65. The Balaban J connectivity index is 2.06. The Bertz CT molecular complexity index is 583. The fraction of sp³-hybridized carbons (Fsp3) is 0.455. The summed E-state index contributed by atoms with van der Waals surface area (Å²) < 4.78 is 39.9. The molecule has 2 heterocycles. The van der Waals surface area contributed by atoms with Crippen LogP contribution in [0.4, 0.5) is 4.79 Å². The van der Waals surface area contributed by atoms with Crippen molar-refractivity contribution in [3.05, 3.63) is 30.1 Å². The van der Waals surface area contributed by atoms with Crippen molar-refractivity contribution in [2.24, 2.45) is 0 Å². The van der Waals surface area contributed by atoms with Crippen LogP contribution in [0.15, 0.2) is 24.5 Å². The van der Waals surface area contributed by atoms with E-state index in [0.717, 1.165) is 0 Å². The van der Waals surface area contributed by atoms with Gasteiger partial charge in [0.1, 0.15) is 19.3 Å². The summed E-state index contributed by atoms with van der Waals surface area (Å²) in [5.74, 6) is 0. The summed E-state index contributed by atoms with van der Waals surface area (Å²) in [4.78, 5) is 13.8. The van der Waals surface area contributed by atoms with Crippen LogP contribution in [0.25, 0.3) is 0 Å². The van der Waals surface area contributed by atoms with Crippen LogP contribution in [0.1, 0.15) is 5.56 Å². The Hall–Kier alpha value is -1.55. The molecule has 8 nitrogen and oxygen atoms in total. The average Bonchev–Trinajstić information content (AvgIpc) is 2.45.